The van der Waals surface area contributed by atoms with Gasteiger partial charge < -0.3 is 4.90 Å². The van der Waals surface area contributed by atoms with Crippen LogP contribution in [0.1, 0.15) is 27.2 Å². The van der Waals surface area contributed by atoms with Crippen molar-refractivity contribution in [3.05, 3.63) is 24.3 Å². The second kappa shape index (κ2) is 3.94. The van der Waals surface area contributed by atoms with Crippen LogP contribution in [0, 0.1) is 0 Å². The molecule has 1 aromatic rings. The van der Waals surface area contributed by atoms with E-state index in [1.807, 2.05) is 11.8 Å². The highest BCUT2D eigenvalue weighted by Crippen LogP contribution is 2.56. The number of hydrogen-bond acceptors (Lipinski definition) is 4. The van der Waals surface area contributed by atoms with Crippen molar-refractivity contribution in [2.75, 3.05) is 11.2 Å². The van der Waals surface area contributed by atoms with Gasteiger partial charge in [-0.3, -0.25) is 4.99 Å². The van der Waals surface area contributed by atoms with Gasteiger partial charge in [0.25, 0.3) is 0 Å². The van der Waals surface area contributed by atoms with Crippen LogP contribution in [0.25, 0.3) is 0 Å². The van der Waals surface area contributed by atoms with Gasteiger partial charge in [0, 0.05) is 11.3 Å². The second-order valence-corrected chi connectivity index (χ2v) is 7.96. The maximum Gasteiger partial charge on any atom is 0.165 e. The molecule has 0 spiro atoms. The van der Waals surface area contributed by atoms with Crippen molar-refractivity contribution >= 4 is 34.4 Å². The maximum absolute atomic E-state index is 4.91. The van der Waals surface area contributed by atoms with Crippen LogP contribution in [0.3, 0.4) is 0 Å². The average molecular weight is 278 g/mol. The van der Waals surface area contributed by atoms with Gasteiger partial charge in [0.05, 0.1) is 16.1 Å². The molecule has 2 nitrogen and oxygen atoms in total. The lowest BCUT2D eigenvalue weighted by atomic mass is 9.94. The number of anilines is 1. The summed E-state index contributed by atoms with van der Waals surface area (Å²) in [6.07, 6.45) is 3.19. The van der Waals surface area contributed by atoms with Gasteiger partial charge in [-0.05, 0) is 39.2 Å². The van der Waals surface area contributed by atoms with Gasteiger partial charge in [-0.15, -0.1) is 0 Å². The minimum Gasteiger partial charge on any atom is -0.305 e. The molecule has 4 heteroatoms. The zero-order valence-electron chi connectivity index (χ0n) is 11.2. The molecule has 1 atom stereocenters. The first kappa shape index (κ1) is 12.4. The summed E-state index contributed by atoms with van der Waals surface area (Å²) in [4.78, 5) is 8.81. The number of thioether (sulfide) groups is 2. The Morgan fingerprint density at radius 1 is 1.28 bits per heavy atom. The molecular formula is C14H18N2S2. The number of aliphatic imine (C=N–C) groups is 1. The number of rotatable bonds is 0. The van der Waals surface area contributed by atoms with Crippen LogP contribution in [0.2, 0.25) is 0 Å². The molecule has 0 fully saturated rings. The molecule has 1 unspecified atom stereocenters. The standard InChI is InChI=1S/C14H18N2S2/c1-13(2)9-14(3)16(12(15-13)17-4)10-7-5-6-8-11(10)18-14/h5-8H,9H2,1-4H3. The molecule has 0 aromatic heterocycles. The van der Waals surface area contributed by atoms with Crippen LogP contribution in [-0.2, 0) is 0 Å². The number of hydrogen-bond donors (Lipinski definition) is 0. The van der Waals surface area contributed by atoms with Gasteiger partial charge in [0.15, 0.2) is 5.17 Å². The smallest absolute Gasteiger partial charge is 0.165 e. The number of para-hydroxylation sites is 1. The molecule has 2 aliphatic rings. The van der Waals surface area contributed by atoms with E-state index in [9.17, 15) is 0 Å². The van der Waals surface area contributed by atoms with Crippen LogP contribution in [0.4, 0.5) is 5.69 Å². The fourth-order valence-electron chi connectivity index (χ4n) is 2.97. The average Bonchev–Trinajstić information content (AvgIpc) is 2.57. The topological polar surface area (TPSA) is 15.6 Å². The fraction of sp³-hybridized carbons (Fsp3) is 0.500. The van der Waals surface area contributed by atoms with E-state index in [1.165, 1.54) is 10.6 Å². The summed E-state index contributed by atoms with van der Waals surface area (Å²) in [6.45, 7) is 6.80. The minimum absolute atomic E-state index is 0.0264. The van der Waals surface area contributed by atoms with E-state index in [2.05, 4.69) is 56.2 Å². The molecule has 0 bridgehead atoms. The summed E-state index contributed by atoms with van der Waals surface area (Å²) in [7, 11) is 0. The molecule has 0 N–H and O–H groups in total. The summed E-state index contributed by atoms with van der Waals surface area (Å²) in [5.74, 6) is 0. The Labute approximate surface area is 117 Å². The number of benzene rings is 1. The molecule has 0 saturated carbocycles. The van der Waals surface area contributed by atoms with Crippen LogP contribution >= 0.6 is 23.5 Å². The zero-order chi connectivity index (χ0) is 13.0. The molecule has 3 rings (SSSR count). The van der Waals surface area contributed by atoms with Gasteiger partial charge in [-0.2, -0.15) is 0 Å². The predicted molar refractivity (Wildman–Crippen MR) is 82.8 cm³/mol. The lowest BCUT2D eigenvalue weighted by Gasteiger charge is -2.45. The van der Waals surface area contributed by atoms with Crippen molar-refractivity contribution in [2.24, 2.45) is 4.99 Å². The summed E-state index contributed by atoms with van der Waals surface area (Å²) in [5, 5.41) is 1.14. The van der Waals surface area contributed by atoms with Gasteiger partial charge >= 0.3 is 0 Å². The van der Waals surface area contributed by atoms with Crippen molar-refractivity contribution in [3.8, 4) is 0 Å². The highest BCUT2D eigenvalue weighted by molar-refractivity contribution is 8.13. The monoisotopic (exact) mass is 278 g/mol. The summed E-state index contributed by atoms with van der Waals surface area (Å²) < 4.78 is 0. The van der Waals surface area contributed by atoms with E-state index in [0.29, 0.717) is 0 Å². The molecule has 18 heavy (non-hydrogen) atoms. The molecule has 2 heterocycles. The summed E-state index contributed by atoms with van der Waals surface area (Å²) >= 11 is 3.72. The zero-order valence-corrected chi connectivity index (χ0v) is 12.9. The number of amidine groups is 1. The molecule has 96 valence electrons. The van der Waals surface area contributed by atoms with E-state index < -0.39 is 0 Å². The largest absolute Gasteiger partial charge is 0.305 e. The Morgan fingerprint density at radius 3 is 2.72 bits per heavy atom. The summed E-state index contributed by atoms with van der Waals surface area (Å²) in [6, 6.07) is 8.66. The van der Waals surface area contributed by atoms with Gasteiger partial charge in [0.2, 0.25) is 0 Å². The van der Waals surface area contributed by atoms with Crippen molar-refractivity contribution in [1.29, 1.82) is 0 Å². The lowest BCUT2D eigenvalue weighted by Crippen LogP contribution is -2.52. The highest BCUT2D eigenvalue weighted by atomic mass is 32.2. The van der Waals surface area contributed by atoms with Crippen LogP contribution < -0.4 is 4.90 Å². The first-order chi connectivity index (χ1) is 8.45. The molecule has 1 aromatic carbocycles. The minimum atomic E-state index is 0.0264. The third-order valence-electron chi connectivity index (χ3n) is 3.44. The molecule has 0 amide bonds. The van der Waals surface area contributed by atoms with E-state index in [1.54, 1.807) is 11.8 Å². The van der Waals surface area contributed by atoms with E-state index >= 15 is 0 Å². The van der Waals surface area contributed by atoms with E-state index in [4.69, 9.17) is 4.99 Å². The first-order valence-corrected chi connectivity index (χ1v) is 8.21. The Kier molecular flexibility index (Phi) is 2.72. The van der Waals surface area contributed by atoms with Crippen LogP contribution in [0.15, 0.2) is 34.2 Å². The normalized spacial score (nSPS) is 28.7. The van der Waals surface area contributed by atoms with Gasteiger partial charge in [0.1, 0.15) is 0 Å². The van der Waals surface area contributed by atoms with Crippen molar-refractivity contribution in [1.82, 2.24) is 0 Å². The molecule has 0 radical (unpaired) electrons. The summed E-state index contributed by atoms with van der Waals surface area (Å²) in [5.41, 5.74) is 1.34. The van der Waals surface area contributed by atoms with Crippen LogP contribution in [0.5, 0.6) is 0 Å². The third-order valence-corrected chi connectivity index (χ3v) is 5.41. The Hall–Kier alpha value is -0.610. The van der Waals surface area contributed by atoms with Crippen LogP contribution in [-0.4, -0.2) is 21.8 Å². The molecular weight excluding hydrogens is 260 g/mol. The fourth-order valence-corrected chi connectivity index (χ4v) is 5.44. The Bertz CT molecular complexity index is 524. The number of nitrogens with zero attached hydrogens (tertiary/aromatic N) is 2. The molecule has 0 aliphatic carbocycles. The van der Waals surface area contributed by atoms with Crippen molar-refractivity contribution in [3.63, 3.8) is 0 Å². The van der Waals surface area contributed by atoms with Gasteiger partial charge in [-0.25, -0.2) is 0 Å². The van der Waals surface area contributed by atoms with Crippen molar-refractivity contribution in [2.45, 2.75) is 42.5 Å². The molecule has 0 saturated heterocycles. The van der Waals surface area contributed by atoms with E-state index in [0.717, 1.165) is 11.6 Å². The lowest BCUT2D eigenvalue weighted by molar-refractivity contribution is 0.402. The second-order valence-electron chi connectivity index (χ2n) is 5.67. The predicted octanol–water partition coefficient (Wildman–Crippen LogP) is 4.22. The maximum atomic E-state index is 4.91. The van der Waals surface area contributed by atoms with Gasteiger partial charge in [-0.1, -0.05) is 35.7 Å². The van der Waals surface area contributed by atoms with Crippen molar-refractivity contribution < 1.29 is 0 Å². The third kappa shape index (κ3) is 1.77. The SMILES string of the molecule is CSC1=NC(C)(C)CC2(C)Sc3ccccc3N12. The molecule has 2 aliphatic heterocycles. The van der Waals surface area contributed by atoms with E-state index in [-0.39, 0.29) is 10.4 Å². The quantitative estimate of drug-likeness (QED) is 0.707. The first-order valence-electron chi connectivity index (χ1n) is 6.17. The highest BCUT2D eigenvalue weighted by Gasteiger charge is 2.49. The Balaban J connectivity index is 2.15. The Morgan fingerprint density at radius 2 is 2.00 bits per heavy atom. The number of fused-ring (bicyclic) bond motifs is 3.